The van der Waals surface area contributed by atoms with E-state index in [2.05, 4.69) is 19.9 Å². The third-order valence-corrected chi connectivity index (χ3v) is 4.28. The molecule has 9 heteroatoms. The molecule has 1 aromatic carbocycles. The SMILES string of the molecule is Nc1nc(SCC(=O)c2ccc3c(c2)OCO3)c2[nH]cnc2n1. The monoisotopic (exact) mass is 329 g/mol. The highest BCUT2D eigenvalue weighted by Crippen LogP contribution is 2.33. The van der Waals surface area contributed by atoms with E-state index in [4.69, 9.17) is 15.2 Å². The van der Waals surface area contributed by atoms with E-state index in [1.807, 2.05) is 0 Å². The topological polar surface area (TPSA) is 116 Å². The molecule has 0 unspecified atom stereocenters. The lowest BCUT2D eigenvalue weighted by atomic mass is 10.1. The molecule has 8 nitrogen and oxygen atoms in total. The van der Waals surface area contributed by atoms with E-state index in [0.717, 1.165) is 0 Å². The molecule has 0 atom stereocenters. The van der Waals surface area contributed by atoms with Crippen molar-refractivity contribution in [2.24, 2.45) is 0 Å². The molecule has 0 saturated carbocycles. The Bertz CT molecular complexity index is 911. The largest absolute Gasteiger partial charge is 0.454 e. The number of carbonyl (C=O) groups excluding carboxylic acids is 1. The van der Waals surface area contributed by atoms with Gasteiger partial charge in [0.15, 0.2) is 22.9 Å². The number of carbonyl (C=O) groups is 1. The first kappa shape index (κ1) is 13.8. The zero-order chi connectivity index (χ0) is 15.8. The Labute approximate surface area is 134 Å². The van der Waals surface area contributed by atoms with Gasteiger partial charge in [0.2, 0.25) is 12.7 Å². The van der Waals surface area contributed by atoms with Crippen LogP contribution >= 0.6 is 11.8 Å². The van der Waals surface area contributed by atoms with E-state index < -0.39 is 0 Å². The minimum atomic E-state index is -0.0434. The van der Waals surface area contributed by atoms with E-state index in [0.29, 0.717) is 33.3 Å². The first-order valence-electron chi connectivity index (χ1n) is 6.73. The molecule has 0 amide bonds. The normalized spacial score (nSPS) is 12.7. The van der Waals surface area contributed by atoms with Gasteiger partial charge < -0.3 is 20.2 Å². The number of aromatic amines is 1. The molecule has 0 radical (unpaired) electrons. The number of Topliss-reactive ketones (excluding diaryl/α,β-unsaturated/α-hetero) is 1. The predicted octanol–water partition coefficient (Wildman–Crippen LogP) is 1.64. The number of nitrogens with two attached hydrogens (primary N) is 1. The molecule has 0 bridgehead atoms. The van der Waals surface area contributed by atoms with Crippen molar-refractivity contribution < 1.29 is 14.3 Å². The summed E-state index contributed by atoms with van der Waals surface area (Å²) in [7, 11) is 0. The van der Waals surface area contributed by atoms with Crippen LogP contribution in [0.5, 0.6) is 11.5 Å². The highest BCUT2D eigenvalue weighted by atomic mass is 32.2. The Morgan fingerprint density at radius 1 is 1.30 bits per heavy atom. The first-order chi connectivity index (χ1) is 11.2. The summed E-state index contributed by atoms with van der Waals surface area (Å²) in [5.74, 6) is 1.53. The summed E-state index contributed by atoms with van der Waals surface area (Å²) >= 11 is 1.28. The maximum Gasteiger partial charge on any atom is 0.231 e. The van der Waals surface area contributed by atoms with Gasteiger partial charge in [-0.05, 0) is 18.2 Å². The average Bonchev–Trinajstić information content (AvgIpc) is 3.19. The molecule has 0 spiro atoms. The number of nitrogens with one attached hydrogen (secondary N) is 1. The van der Waals surface area contributed by atoms with Crippen molar-refractivity contribution in [3.8, 4) is 11.5 Å². The fourth-order valence-electron chi connectivity index (χ4n) is 2.21. The lowest BCUT2D eigenvalue weighted by molar-refractivity contribution is 0.102. The van der Waals surface area contributed by atoms with Crippen LogP contribution in [-0.4, -0.2) is 38.3 Å². The van der Waals surface area contributed by atoms with Crippen LogP contribution in [0.1, 0.15) is 10.4 Å². The van der Waals surface area contributed by atoms with Gasteiger partial charge in [-0.2, -0.15) is 4.98 Å². The van der Waals surface area contributed by atoms with E-state index >= 15 is 0 Å². The average molecular weight is 329 g/mol. The minimum Gasteiger partial charge on any atom is -0.454 e. The van der Waals surface area contributed by atoms with Gasteiger partial charge in [0.05, 0.1) is 12.1 Å². The Morgan fingerprint density at radius 3 is 3.09 bits per heavy atom. The number of aromatic nitrogens is 4. The Hall–Kier alpha value is -2.81. The van der Waals surface area contributed by atoms with Gasteiger partial charge in [-0.3, -0.25) is 4.79 Å². The summed E-state index contributed by atoms with van der Waals surface area (Å²) in [6.45, 7) is 0.180. The number of imidazole rings is 1. The Morgan fingerprint density at radius 2 is 2.17 bits per heavy atom. The third-order valence-electron chi connectivity index (χ3n) is 3.30. The molecule has 3 heterocycles. The predicted molar refractivity (Wildman–Crippen MR) is 83.7 cm³/mol. The molecule has 116 valence electrons. The summed E-state index contributed by atoms with van der Waals surface area (Å²) in [4.78, 5) is 27.5. The molecule has 0 fully saturated rings. The summed E-state index contributed by atoms with van der Waals surface area (Å²) in [5, 5.41) is 0.596. The number of fused-ring (bicyclic) bond motifs is 2. The van der Waals surface area contributed by atoms with Gasteiger partial charge in [-0.15, -0.1) is 0 Å². The molecule has 0 saturated heterocycles. The molecule has 3 aromatic rings. The van der Waals surface area contributed by atoms with Crippen LogP contribution in [-0.2, 0) is 0 Å². The number of ether oxygens (including phenoxy) is 2. The zero-order valence-electron chi connectivity index (χ0n) is 11.8. The van der Waals surface area contributed by atoms with Crippen molar-refractivity contribution in [3.63, 3.8) is 0 Å². The van der Waals surface area contributed by atoms with Crippen molar-refractivity contribution >= 4 is 34.7 Å². The second-order valence-corrected chi connectivity index (χ2v) is 5.73. The van der Waals surface area contributed by atoms with Gasteiger partial charge >= 0.3 is 0 Å². The number of thioether (sulfide) groups is 1. The van der Waals surface area contributed by atoms with E-state index in [1.54, 1.807) is 18.2 Å². The number of nitrogen functional groups attached to an aromatic ring is 1. The Kier molecular flexibility index (Phi) is 3.27. The number of H-pyrrole nitrogens is 1. The lowest BCUT2D eigenvalue weighted by Crippen LogP contribution is -2.04. The zero-order valence-corrected chi connectivity index (χ0v) is 12.6. The fraction of sp³-hybridized carbons (Fsp3) is 0.143. The number of ketones is 1. The maximum atomic E-state index is 12.4. The molecule has 1 aliphatic heterocycles. The van der Waals surface area contributed by atoms with Crippen LogP contribution in [0.4, 0.5) is 5.95 Å². The van der Waals surface area contributed by atoms with Crippen molar-refractivity contribution in [1.82, 2.24) is 19.9 Å². The van der Waals surface area contributed by atoms with Crippen LogP contribution in [0.25, 0.3) is 11.2 Å². The summed E-state index contributed by atoms with van der Waals surface area (Å²) < 4.78 is 10.5. The first-order valence-corrected chi connectivity index (χ1v) is 7.71. The van der Waals surface area contributed by atoms with E-state index in [-0.39, 0.29) is 24.3 Å². The van der Waals surface area contributed by atoms with Crippen LogP contribution in [0, 0.1) is 0 Å². The molecule has 4 rings (SSSR count). The number of benzene rings is 1. The van der Waals surface area contributed by atoms with Crippen LogP contribution in [0.2, 0.25) is 0 Å². The minimum absolute atomic E-state index is 0.0434. The molecule has 3 N–H and O–H groups in total. The number of nitrogens with zero attached hydrogens (tertiary/aromatic N) is 3. The van der Waals surface area contributed by atoms with Crippen molar-refractivity contribution in [2.75, 3.05) is 18.3 Å². The van der Waals surface area contributed by atoms with Crippen molar-refractivity contribution in [3.05, 3.63) is 30.1 Å². The fourth-order valence-corrected chi connectivity index (χ4v) is 3.10. The van der Waals surface area contributed by atoms with Crippen LogP contribution in [0.3, 0.4) is 0 Å². The van der Waals surface area contributed by atoms with E-state index in [9.17, 15) is 4.79 Å². The molecule has 0 aliphatic carbocycles. The lowest BCUT2D eigenvalue weighted by Gasteiger charge is -2.04. The van der Waals surface area contributed by atoms with Crippen LogP contribution in [0.15, 0.2) is 29.6 Å². The number of hydrogen-bond donors (Lipinski definition) is 2. The van der Waals surface area contributed by atoms with E-state index in [1.165, 1.54) is 18.1 Å². The molecule has 23 heavy (non-hydrogen) atoms. The summed E-state index contributed by atoms with van der Waals surface area (Å²) in [5.41, 5.74) is 7.37. The highest BCUT2D eigenvalue weighted by molar-refractivity contribution is 8.00. The molecular weight excluding hydrogens is 318 g/mol. The van der Waals surface area contributed by atoms with Gasteiger partial charge in [0.25, 0.3) is 0 Å². The smallest absolute Gasteiger partial charge is 0.231 e. The second-order valence-electron chi connectivity index (χ2n) is 4.77. The molecular formula is C14H11N5O3S. The number of hydrogen-bond acceptors (Lipinski definition) is 8. The van der Waals surface area contributed by atoms with Crippen molar-refractivity contribution in [1.29, 1.82) is 0 Å². The molecule has 2 aromatic heterocycles. The van der Waals surface area contributed by atoms with Gasteiger partial charge in [0.1, 0.15) is 10.5 Å². The summed E-state index contributed by atoms with van der Waals surface area (Å²) in [6.07, 6.45) is 1.52. The maximum absolute atomic E-state index is 12.4. The number of rotatable bonds is 4. The molecule has 1 aliphatic rings. The van der Waals surface area contributed by atoms with Crippen molar-refractivity contribution in [2.45, 2.75) is 5.03 Å². The standard InChI is InChI=1S/C14H11N5O3S/c15-14-18-12-11(16-5-17-12)13(19-14)23-4-8(20)7-1-2-9-10(3-7)22-6-21-9/h1-3,5H,4,6H2,(H3,15,16,17,18,19). The van der Waals surface area contributed by atoms with Gasteiger partial charge in [-0.1, -0.05) is 11.8 Å². The van der Waals surface area contributed by atoms with Gasteiger partial charge in [0, 0.05) is 5.56 Å². The highest BCUT2D eigenvalue weighted by Gasteiger charge is 2.17. The number of anilines is 1. The third kappa shape index (κ3) is 2.55. The quantitative estimate of drug-likeness (QED) is 0.421. The second kappa shape index (κ2) is 5.43. The van der Waals surface area contributed by atoms with Gasteiger partial charge in [-0.25, -0.2) is 9.97 Å². The Balaban J connectivity index is 1.54. The van der Waals surface area contributed by atoms with Crippen LogP contribution < -0.4 is 15.2 Å². The summed E-state index contributed by atoms with van der Waals surface area (Å²) in [6, 6.07) is 5.14.